The molecule has 0 saturated carbocycles. The number of carbonyl (C=O) groups is 2. The molecule has 2 atom stereocenters. The Bertz CT molecular complexity index is 1110. The van der Waals surface area contributed by atoms with Crippen LogP contribution in [0.1, 0.15) is 44.5 Å². The van der Waals surface area contributed by atoms with E-state index in [2.05, 4.69) is 35.3 Å². The Morgan fingerprint density at radius 1 is 1.24 bits per heavy atom. The monoisotopic (exact) mass is 548 g/mol. The van der Waals surface area contributed by atoms with Gasteiger partial charge in [-0.3, -0.25) is 4.79 Å². The number of hydrogen-bond donors (Lipinski definition) is 2. The molecular formula is C26H44N6O5Si. The van der Waals surface area contributed by atoms with Crippen molar-refractivity contribution in [3.8, 4) is 0 Å². The van der Waals surface area contributed by atoms with Gasteiger partial charge in [-0.2, -0.15) is 0 Å². The summed E-state index contributed by atoms with van der Waals surface area (Å²) < 4.78 is 19.0. The minimum absolute atomic E-state index is 0.0923. The van der Waals surface area contributed by atoms with E-state index in [-0.39, 0.29) is 24.1 Å². The number of amides is 2. The summed E-state index contributed by atoms with van der Waals surface area (Å²) >= 11 is 0. The largest absolute Gasteiger partial charge is 0.444 e. The van der Waals surface area contributed by atoms with Gasteiger partial charge in [-0.15, -0.1) is 0 Å². The van der Waals surface area contributed by atoms with Crippen LogP contribution in [0, 0.1) is 0 Å². The maximum atomic E-state index is 12.8. The molecule has 2 aromatic heterocycles. The maximum absolute atomic E-state index is 12.8. The summed E-state index contributed by atoms with van der Waals surface area (Å²) in [5.74, 6) is 0.337. The van der Waals surface area contributed by atoms with Gasteiger partial charge in [0.25, 0.3) is 5.91 Å². The number of anilines is 1. The summed E-state index contributed by atoms with van der Waals surface area (Å²) in [4.78, 5) is 36.4. The molecular weight excluding hydrogens is 504 g/mol. The second-order valence-corrected chi connectivity index (χ2v) is 17.5. The molecule has 2 N–H and O–H groups in total. The van der Waals surface area contributed by atoms with Crippen LogP contribution in [0.5, 0.6) is 0 Å². The number of likely N-dealkylation sites (tertiary alicyclic amines) is 1. The van der Waals surface area contributed by atoms with Gasteiger partial charge >= 0.3 is 6.09 Å². The Kier molecular flexibility index (Phi) is 9.77. The van der Waals surface area contributed by atoms with Crippen LogP contribution >= 0.6 is 0 Å². The molecule has 2 aromatic rings. The molecule has 1 aliphatic heterocycles. The Labute approximate surface area is 226 Å². The average Bonchev–Trinajstić information content (AvgIpc) is 3.18. The van der Waals surface area contributed by atoms with Gasteiger partial charge < -0.3 is 34.3 Å². The van der Waals surface area contributed by atoms with Crippen molar-refractivity contribution >= 4 is 37.1 Å². The Morgan fingerprint density at radius 2 is 1.97 bits per heavy atom. The van der Waals surface area contributed by atoms with Crippen molar-refractivity contribution in [3.05, 3.63) is 18.0 Å². The number of nitrogens with one attached hydrogen (secondary N) is 2. The van der Waals surface area contributed by atoms with Crippen LogP contribution in [0.15, 0.2) is 12.4 Å². The number of ether oxygens (including phenoxy) is 3. The lowest BCUT2D eigenvalue weighted by Gasteiger charge is -2.38. The quantitative estimate of drug-likeness (QED) is 0.339. The number of methoxy groups -OCH3 is 1. The molecule has 212 valence electrons. The summed E-state index contributed by atoms with van der Waals surface area (Å²) in [5.41, 5.74) is 0.995. The van der Waals surface area contributed by atoms with E-state index in [0.717, 1.165) is 6.04 Å². The first-order valence-electron chi connectivity index (χ1n) is 13.3. The lowest BCUT2D eigenvalue weighted by molar-refractivity contribution is -0.0101. The van der Waals surface area contributed by atoms with Crippen molar-refractivity contribution in [1.82, 2.24) is 24.8 Å². The predicted molar refractivity (Wildman–Crippen MR) is 150 cm³/mol. The van der Waals surface area contributed by atoms with Gasteiger partial charge in [-0.05, 0) is 40.2 Å². The number of carbonyl (C=O) groups excluding carboxylic acids is 2. The molecule has 3 heterocycles. The standard InChI is InChI=1S/C26H44N6O5Si/c1-9-27-24(33)18-15-32(17-36-12-13-38(6,7)8)23-22(18)30-21(14-28-23)29-19-10-11-31(16-20(19)35-5)25(34)37-26(2,3)4/h14-15,19-20H,9-13,16-17H2,1-8H3,(H,27,33)(H,29,30)/t19-,20-/m0/s1. The molecule has 0 aromatic carbocycles. The summed E-state index contributed by atoms with van der Waals surface area (Å²) in [7, 11) is 0.422. The molecule has 1 saturated heterocycles. The third-order valence-electron chi connectivity index (χ3n) is 6.22. The van der Waals surface area contributed by atoms with Crippen LogP contribution in [0.3, 0.4) is 0 Å². The minimum atomic E-state index is -1.21. The molecule has 0 spiro atoms. The van der Waals surface area contributed by atoms with Crippen molar-refractivity contribution in [2.24, 2.45) is 0 Å². The fourth-order valence-corrected chi connectivity index (χ4v) is 4.94. The molecule has 11 nitrogen and oxygen atoms in total. The highest BCUT2D eigenvalue weighted by Crippen LogP contribution is 2.24. The molecule has 38 heavy (non-hydrogen) atoms. The van der Waals surface area contributed by atoms with E-state index in [1.807, 2.05) is 32.3 Å². The van der Waals surface area contributed by atoms with Gasteiger partial charge in [0.1, 0.15) is 23.7 Å². The molecule has 1 fully saturated rings. The number of aromatic nitrogens is 3. The number of fused-ring (bicyclic) bond motifs is 1. The molecule has 0 aliphatic carbocycles. The summed E-state index contributed by atoms with van der Waals surface area (Å²) in [5, 5.41) is 6.27. The zero-order valence-corrected chi connectivity index (χ0v) is 25.1. The first kappa shape index (κ1) is 29.8. The smallest absolute Gasteiger partial charge is 0.410 e. The van der Waals surface area contributed by atoms with E-state index >= 15 is 0 Å². The van der Waals surface area contributed by atoms with Gasteiger partial charge in [0.2, 0.25) is 0 Å². The maximum Gasteiger partial charge on any atom is 0.410 e. The van der Waals surface area contributed by atoms with Gasteiger partial charge in [0.15, 0.2) is 5.65 Å². The minimum Gasteiger partial charge on any atom is -0.444 e. The zero-order valence-electron chi connectivity index (χ0n) is 24.1. The SMILES string of the molecule is CCNC(=O)c1cn(COCC[Si](C)(C)C)c2ncc(N[C@H]3CCN(C(=O)OC(C)(C)C)C[C@@H]3OC)nc12. The second-order valence-electron chi connectivity index (χ2n) is 11.9. The molecule has 2 amide bonds. The van der Waals surface area contributed by atoms with Gasteiger partial charge in [0, 0.05) is 41.1 Å². The lowest BCUT2D eigenvalue weighted by Crippen LogP contribution is -2.53. The van der Waals surface area contributed by atoms with Gasteiger partial charge in [0.05, 0.1) is 30.5 Å². The van der Waals surface area contributed by atoms with Crippen molar-refractivity contribution in [1.29, 1.82) is 0 Å². The van der Waals surface area contributed by atoms with E-state index in [1.54, 1.807) is 24.4 Å². The first-order chi connectivity index (χ1) is 17.8. The highest BCUT2D eigenvalue weighted by molar-refractivity contribution is 6.76. The third-order valence-corrected chi connectivity index (χ3v) is 7.93. The van der Waals surface area contributed by atoms with E-state index < -0.39 is 13.7 Å². The van der Waals surface area contributed by atoms with Crippen LogP contribution in [-0.4, -0.2) is 90.6 Å². The van der Waals surface area contributed by atoms with Crippen molar-refractivity contribution in [3.63, 3.8) is 0 Å². The first-order valence-corrected chi connectivity index (χ1v) is 17.0. The average molecular weight is 549 g/mol. The van der Waals surface area contributed by atoms with E-state index in [9.17, 15) is 9.59 Å². The van der Waals surface area contributed by atoms with Crippen LogP contribution in [0.25, 0.3) is 11.2 Å². The van der Waals surface area contributed by atoms with Crippen molar-refractivity contribution in [2.75, 3.05) is 38.7 Å². The van der Waals surface area contributed by atoms with Gasteiger partial charge in [-0.1, -0.05) is 19.6 Å². The Morgan fingerprint density at radius 3 is 2.61 bits per heavy atom. The van der Waals surface area contributed by atoms with Crippen LogP contribution in [0.4, 0.5) is 10.6 Å². The van der Waals surface area contributed by atoms with Crippen LogP contribution in [-0.2, 0) is 20.9 Å². The van der Waals surface area contributed by atoms with Crippen LogP contribution < -0.4 is 10.6 Å². The number of piperidine rings is 1. The highest BCUT2D eigenvalue weighted by atomic mass is 28.3. The third kappa shape index (κ3) is 8.15. The molecule has 0 radical (unpaired) electrons. The van der Waals surface area contributed by atoms with Crippen molar-refractivity contribution in [2.45, 2.75) is 84.3 Å². The molecule has 0 bridgehead atoms. The van der Waals surface area contributed by atoms with Gasteiger partial charge in [-0.25, -0.2) is 14.8 Å². The summed E-state index contributed by atoms with van der Waals surface area (Å²) in [6.45, 7) is 16.8. The van der Waals surface area contributed by atoms with E-state index in [0.29, 0.717) is 61.9 Å². The normalized spacial score (nSPS) is 18.5. The lowest BCUT2D eigenvalue weighted by atomic mass is 10.0. The Balaban J connectivity index is 1.76. The molecule has 3 rings (SSSR count). The second kappa shape index (κ2) is 12.4. The topological polar surface area (TPSA) is 120 Å². The fraction of sp³-hybridized carbons (Fsp3) is 0.692. The molecule has 12 heteroatoms. The molecule has 1 aliphatic rings. The summed E-state index contributed by atoms with van der Waals surface area (Å²) in [6.07, 6.45) is 3.45. The van der Waals surface area contributed by atoms with Crippen LogP contribution in [0.2, 0.25) is 25.7 Å². The number of nitrogens with zero attached hydrogens (tertiary/aromatic N) is 4. The summed E-state index contributed by atoms with van der Waals surface area (Å²) in [6, 6.07) is 0.966. The fourth-order valence-electron chi connectivity index (χ4n) is 4.19. The number of rotatable bonds is 10. The Hall–Kier alpha value is -2.70. The molecule has 0 unspecified atom stereocenters. The van der Waals surface area contributed by atoms with E-state index in [1.165, 1.54) is 0 Å². The van der Waals surface area contributed by atoms with E-state index in [4.69, 9.17) is 19.2 Å². The number of hydrogen-bond acceptors (Lipinski definition) is 8. The van der Waals surface area contributed by atoms with Crippen molar-refractivity contribution < 1.29 is 23.8 Å². The predicted octanol–water partition coefficient (Wildman–Crippen LogP) is 3.93. The highest BCUT2D eigenvalue weighted by Gasteiger charge is 2.34. The zero-order chi connectivity index (χ0) is 28.1.